The standard InChI is InChI=1S/C15H28N4/c1-3-7-16-11-15-12-17-13-19(15)14-5-9-18(8-4-2)10-6-14/h12-14,16H,3-11H2,1-2H3. The van der Waals surface area contributed by atoms with Gasteiger partial charge < -0.3 is 14.8 Å². The molecule has 1 aliphatic heterocycles. The molecule has 0 bridgehead atoms. The Morgan fingerprint density at radius 3 is 2.74 bits per heavy atom. The lowest BCUT2D eigenvalue weighted by Crippen LogP contribution is -2.35. The molecule has 19 heavy (non-hydrogen) atoms. The fourth-order valence-electron chi connectivity index (χ4n) is 2.93. The number of nitrogens with zero attached hydrogens (tertiary/aromatic N) is 3. The van der Waals surface area contributed by atoms with Crippen LogP contribution in [0, 0.1) is 0 Å². The molecular weight excluding hydrogens is 236 g/mol. The molecule has 4 heteroatoms. The van der Waals surface area contributed by atoms with Gasteiger partial charge in [0.15, 0.2) is 0 Å². The average molecular weight is 264 g/mol. The molecule has 2 heterocycles. The van der Waals surface area contributed by atoms with Gasteiger partial charge in [-0.3, -0.25) is 0 Å². The third kappa shape index (κ3) is 4.05. The smallest absolute Gasteiger partial charge is 0.0951 e. The van der Waals surface area contributed by atoms with E-state index in [9.17, 15) is 0 Å². The summed E-state index contributed by atoms with van der Waals surface area (Å²) in [6, 6.07) is 0.647. The summed E-state index contributed by atoms with van der Waals surface area (Å²) in [5.41, 5.74) is 1.34. The van der Waals surface area contributed by atoms with Crippen LogP contribution in [0.25, 0.3) is 0 Å². The predicted octanol–water partition coefficient (Wildman–Crippen LogP) is 2.43. The zero-order valence-electron chi connectivity index (χ0n) is 12.4. The van der Waals surface area contributed by atoms with Gasteiger partial charge in [-0.2, -0.15) is 0 Å². The van der Waals surface area contributed by atoms with Crippen LogP contribution in [0.1, 0.15) is 51.3 Å². The van der Waals surface area contributed by atoms with Crippen LogP contribution < -0.4 is 5.32 Å². The van der Waals surface area contributed by atoms with Gasteiger partial charge in [-0.05, 0) is 38.8 Å². The van der Waals surface area contributed by atoms with E-state index in [1.807, 2.05) is 12.5 Å². The third-order valence-corrected chi connectivity index (χ3v) is 3.97. The predicted molar refractivity (Wildman–Crippen MR) is 79.2 cm³/mol. The molecule has 0 radical (unpaired) electrons. The van der Waals surface area contributed by atoms with Crippen molar-refractivity contribution >= 4 is 0 Å². The lowest BCUT2D eigenvalue weighted by atomic mass is 10.0. The van der Waals surface area contributed by atoms with E-state index in [4.69, 9.17) is 0 Å². The molecule has 0 atom stereocenters. The van der Waals surface area contributed by atoms with E-state index in [0.29, 0.717) is 6.04 Å². The third-order valence-electron chi connectivity index (χ3n) is 3.97. The summed E-state index contributed by atoms with van der Waals surface area (Å²) in [6.07, 6.45) is 9.00. The van der Waals surface area contributed by atoms with Crippen LogP contribution >= 0.6 is 0 Å². The molecule has 1 aliphatic rings. The largest absolute Gasteiger partial charge is 0.330 e. The zero-order valence-corrected chi connectivity index (χ0v) is 12.4. The summed E-state index contributed by atoms with van der Waals surface area (Å²) in [5.74, 6) is 0. The topological polar surface area (TPSA) is 33.1 Å². The Hall–Kier alpha value is -0.870. The lowest BCUT2D eigenvalue weighted by Gasteiger charge is -2.33. The van der Waals surface area contributed by atoms with E-state index >= 15 is 0 Å². The number of hydrogen-bond acceptors (Lipinski definition) is 3. The summed E-state index contributed by atoms with van der Waals surface area (Å²) in [6.45, 7) is 10.2. The number of imidazole rings is 1. The van der Waals surface area contributed by atoms with Crippen LogP contribution in [0.3, 0.4) is 0 Å². The zero-order chi connectivity index (χ0) is 13.5. The van der Waals surface area contributed by atoms with Crippen molar-refractivity contribution < 1.29 is 0 Å². The fraction of sp³-hybridized carbons (Fsp3) is 0.800. The molecule has 1 saturated heterocycles. The Balaban J connectivity index is 1.87. The van der Waals surface area contributed by atoms with E-state index in [0.717, 1.165) is 13.1 Å². The number of nitrogens with one attached hydrogen (secondary N) is 1. The van der Waals surface area contributed by atoms with Crippen molar-refractivity contribution in [3.63, 3.8) is 0 Å². The number of piperidine rings is 1. The van der Waals surface area contributed by atoms with Gasteiger partial charge in [-0.1, -0.05) is 13.8 Å². The van der Waals surface area contributed by atoms with Crippen LogP contribution in [0.4, 0.5) is 0 Å². The summed E-state index contributed by atoms with van der Waals surface area (Å²) in [4.78, 5) is 6.93. The Morgan fingerprint density at radius 2 is 2.05 bits per heavy atom. The molecule has 0 aliphatic carbocycles. The van der Waals surface area contributed by atoms with Gasteiger partial charge in [0.1, 0.15) is 0 Å². The maximum atomic E-state index is 4.34. The highest BCUT2D eigenvalue weighted by molar-refractivity contribution is 5.01. The fourth-order valence-corrected chi connectivity index (χ4v) is 2.93. The average Bonchev–Trinajstić information content (AvgIpc) is 2.89. The second-order valence-corrected chi connectivity index (χ2v) is 5.54. The van der Waals surface area contributed by atoms with E-state index in [1.165, 1.54) is 51.0 Å². The molecule has 1 fully saturated rings. The number of likely N-dealkylation sites (tertiary alicyclic amines) is 1. The van der Waals surface area contributed by atoms with Crippen LogP contribution in [0.2, 0.25) is 0 Å². The molecular formula is C15H28N4. The highest BCUT2D eigenvalue weighted by atomic mass is 15.2. The first-order chi connectivity index (χ1) is 9.35. The quantitative estimate of drug-likeness (QED) is 0.768. The van der Waals surface area contributed by atoms with Gasteiger partial charge in [0.25, 0.3) is 0 Å². The highest BCUT2D eigenvalue weighted by Crippen LogP contribution is 2.23. The lowest BCUT2D eigenvalue weighted by molar-refractivity contribution is 0.185. The van der Waals surface area contributed by atoms with Gasteiger partial charge >= 0.3 is 0 Å². The van der Waals surface area contributed by atoms with Gasteiger partial charge in [-0.15, -0.1) is 0 Å². The number of aromatic nitrogens is 2. The minimum Gasteiger partial charge on any atom is -0.330 e. The number of hydrogen-bond donors (Lipinski definition) is 1. The second-order valence-electron chi connectivity index (χ2n) is 5.54. The van der Waals surface area contributed by atoms with E-state index < -0.39 is 0 Å². The molecule has 4 nitrogen and oxygen atoms in total. The molecule has 0 amide bonds. The molecule has 0 saturated carbocycles. The SMILES string of the molecule is CCCNCc1cncn1C1CCN(CCC)CC1. The second kappa shape index (κ2) is 7.65. The highest BCUT2D eigenvalue weighted by Gasteiger charge is 2.21. The summed E-state index contributed by atoms with van der Waals surface area (Å²) in [7, 11) is 0. The molecule has 0 unspecified atom stereocenters. The number of rotatable bonds is 7. The van der Waals surface area contributed by atoms with Crippen LogP contribution in [0.15, 0.2) is 12.5 Å². The molecule has 1 aromatic rings. The molecule has 108 valence electrons. The summed E-state index contributed by atoms with van der Waals surface area (Å²) in [5, 5.41) is 3.47. The molecule has 0 spiro atoms. The van der Waals surface area contributed by atoms with Gasteiger partial charge in [-0.25, -0.2) is 4.98 Å². The normalized spacial score (nSPS) is 18.0. The van der Waals surface area contributed by atoms with Crippen molar-refractivity contribution in [2.45, 2.75) is 52.1 Å². The minimum absolute atomic E-state index is 0.647. The van der Waals surface area contributed by atoms with Gasteiger partial charge in [0.2, 0.25) is 0 Å². The minimum atomic E-state index is 0.647. The Labute approximate surface area is 117 Å². The summed E-state index contributed by atoms with van der Waals surface area (Å²) < 4.78 is 2.39. The van der Waals surface area contributed by atoms with Gasteiger partial charge in [0.05, 0.1) is 12.0 Å². The first-order valence-corrected chi connectivity index (χ1v) is 7.79. The Kier molecular flexibility index (Phi) is 5.86. The van der Waals surface area contributed by atoms with Gasteiger partial charge in [0, 0.05) is 31.9 Å². The Morgan fingerprint density at radius 1 is 1.26 bits per heavy atom. The van der Waals surface area contributed by atoms with Crippen molar-refractivity contribution in [3.05, 3.63) is 18.2 Å². The monoisotopic (exact) mass is 264 g/mol. The van der Waals surface area contributed by atoms with E-state index in [1.54, 1.807) is 0 Å². The van der Waals surface area contributed by atoms with Crippen molar-refractivity contribution in [1.29, 1.82) is 0 Å². The van der Waals surface area contributed by atoms with Crippen LogP contribution in [-0.2, 0) is 6.54 Å². The van der Waals surface area contributed by atoms with Crippen molar-refractivity contribution in [3.8, 4) is 0 Å². The molecule has 2 rings (SSSR count). The molecule has 1 aromatic heterocycles. The summed E-state index contributed by atoms with van der Waals surface area (Å²) >= 11 is 0. The molecule has 1 N–H and O–H groups in total. The van der Waals surface area contributed by atoms with Crippen molar-refractivity contribution in [2.24, 2.45) is 0 Å². The molecule has 0 aromatic carbocycles. The Bertz CT molecular complexity index is 353. The van der Waals surface area contributed by atoms with Crippen LogP contribution in [-0.4, -0.2) is 40.6 Å². The first-order valence-electron chi connectivity index (χ1n) is 7.79. The van der Waals surface area contributed by atoms with Crippen LogP contribution in [0.5, 0.6) is 0 Å². The van der Waals surface area contributed by atoms with Crippen molar-refractivity contribution in [1.82, 2.24) is 19.8 Å². The first kappa shape index (κ1) is 14.5. The van der Waals surface area contributed by atoms with E-state index in [-0.39, 0.29) is 0 Å². The van der Waals surface area contributed by atoms with E-state index in [2.05, 4.69) is 33.6 Å². The maximum absolute atomic E-state index is 4.34. The van der Waals surface area contributed by atoms with Crippen molar-refractivity contribution in [2.75, 3.05) is 26.2 Å². The maximum Gasteiger partial charge on any atom is 0.0951 e.